The van der Waals surface area contributed by atoms with E-state index < -0.39 is 0 Å². The molecule has 0 aliphatic carbocycles. The Balaban J connectivity index is 0.00000182. The molecule has 1 fully saturated rings. The molecule has 3 heterocycles. The standard InChI is InChI=1S/C17H19N5O2.ClH/c1-23-14-6-2-4-12(10-14)16-19-17(24-21-16)15-7-9-22(20-15)13-5-3-8-18-11-13;/h2,4,6-7,9-10,13,18H,3,5,8,11H2,1H3;1H. The van der Waals surface area contributed by atoms with E-state index in [2.05, 4.69) is 20.6 Å². The van der Waals surface area contributed by atoms with Gasteiger partial charge in [0.15, 0.2) is 5.69 Å². The molecule has 25 heavy (non-hydrogen) atoms. The number of methoxy groups -OCH3 is 1. The minimum absolute atomic E-state index is 0. The van der Waals surface area contributed by atoms with Crippen LogP contribution in [0, 0.1) is 0 Å². The zero-order chi connectivity index (χ0) is 16.4. The van der Waals surface area contributed by atoms with Crippen molar-refractivity contribution < 1.29 is 9.26 Å². The number of hydrogen-bond acceptors (Lipinski definition) is 6. The fourth-order valence-corrected chi connectivity index (χ4v) is 2.92. The van der Waals surface area contributed by atoms with Crippen LogP contribution in [0.1, 0.15) is 18.9 Å². The average molecular weight is 362 g/mol. The van der Waals surface area contributed by atoms with E-state index in [1.165, 1.54) is 6.42 Å². The fraction of sp³-hybridized carbons (Fsp3) is 0.353. The van der Waals surface area contributed by atoms with Gasteiger partial charge in [0.05, 0.1) is 13.2 Å². The Morgan fingerprint density at radius 2 is 2.24 bits per heavy atom. The van der Waals surface area contributed by atoms with Crippen molar-refractivity contribution in [2.45, 2.75) is 18.9 Å². The van der Waals surface area contributed by atoms with Crippen LogP contribution < -0.4 is 10.1 Å². The third-order valence-electron chi connectivity index (χ3n) is 4.23. The van der Waals surface area contributed by atoms with Gasteiger partial charge in [0.2, 0.25) is 5.82 Å². The first-order chi connectivity index (χ1) is 11.8. The fourth-order valence-electron chi connectivity index (χ4n) is 2.92. The summed E-state index contributed by atoms with van der Waals surface area (Å²) in [4.78, 5) is 4.46. The van der Waals surface area contributed by atoms with Gasteiger partial charge in [0.25, 0.3) is 5.89 Å². The maximum Gasteiger partial charge on any atom is 0.278 e. The van der Waals surface area contributed by atoms with Crippen molar-refractivity contribution in [3.8, 4) is 28.7 Å². The predicted molar refractivity (Wildman–Crippen MR) is 95.9 cm³/mol. The third-order valence-corrected chi connectivity index (χ3v) is 4.23. The van der Waals surface area contributed by atoms with Crippen LogP contribution in [0.15, 0.2) is 41.1 Å². The number of aromatic nitrogens is 4. The van der Waals surface area contributed by atoms with Crippen LogP contribution in [0.4, 0.5) is 0 Å². The van der Waals surface area contributed by atoms with Crippen molar-refractivity contribution in [2.75, 3.05) is 20.2 Å². The zero-order valence-electron chi connectivity index (χ0n) is 13.9. The highest BCUT2D eigenvalue weighted by Gasteiger charge is 2.18. The number of hydrogen-bond donors (Lipinski definition) is 1. The Morgan fingerprint density at radius 1 is 1.32 bits per heavy atom. The van der Waals surface area contributed by atoms with Gasteiger partial charge < -0.3 is 14.6 Å². The molecule has 1 N–H and O–H groups in total. The lowest BCUT2D eigenvalue weighted by Crippen LogP contribution is -2.31. The second-order valence-electron chi connectivity index (χ2n) is 5.84. The molecule has 1 saturated heterocycles. The SMILES string of the molecule is COc1cccc(-c2noc(-c3ccn(C4CCCNC4)n3)n2)c1.Cl. The van der Waals surface area contributed by atoms with E-state index in [1.54, 1.807) is 7.11 Å². The van der Waals surface area contributed by atoms with E-state index in [0.29, 0.717) is 23.5 Å². The number of benzene rings is 1. The van der Waals surface area contributed by atoms with E-state index in [1.807, 2.05) is 41.2 Å². The van der Waals surface area contributed by atoms with Gasteiger partial charge >= 0.3 is 0 Å². The molecule has 2 aromatic heterocycles. The summed E-state index contributed by atoms with van der Waals surface area (Å²) in [5.74, 6) is 1.71. The van der Waals surface area contributed by atoms with Gasteiger partial charge in [-0.3, -0.25) is 4.68 Å². The van der Waals surface area contributed by atoms with Crippen LogP contribution in [0.3, 0.4) is 0 Å². The zero-order valence-corrected chi connectivity index (χ0v) is 14.7. The van der Waals surface area contributed by atoms with Crippen molar-refractivity contribution in [1.29, 1.82) is 0 Å². The number of nitrogens with zero attached hydrogens (tertiary/aromatic N) is 4. The Kier molecular flexibility index (Phi) is 5.35. The lowest BCUT2D eigenvalue weighted by molar-refractivity contribution is 0.346. The van der Waals surface area contributed by atoms with E-state index in [-0.39, 0.29) is 12.4 Å². The van der Waals surface area contributed by atoms with Crippen molar-refractivity contribution in [3.63, 3.8) is 0 Å². The van der Waals surface area contributed by atoms with Gasteiger partial charge in [0.1, 0.15) is 5.75 Å². The lowest BCUT2D eigenvalue weighted by Gasteiger charge is -2.22. The quantitative estimate of drug-likeness (QED) is 0.769. The van der Waals surface area contributed by atoms with Crippen LogP contribution in [0.25, 0.3) is 23.0 Å². The summed E-state index contributed by atoms with van der Waals surface area (Å²) in [5, 5.41) is 12.1. The van der Waals surface area contributed by atoms with E-state index in [0.717, 1.165) is 30.8 Å². The Bertz CT molecular complexity index is 826. The van der Waals surface area contributed by atoms with E-state index in [9.17, 15) is 0 Å². The number of piperidine rings is 1. The molecule has 0 saturated carbocycles. The number of rotatable bonds is 4. The second-order valence-corrected chi connectivity index (χ2v) is 5.84. The second kappa shape index (κ2) is 7.67. The topological polar surface area (TPSA) is 78.0 Å². The van der Waals surface area contributed by atoms with Gasteiger partial charge in [-0.05, 0) is 37.6 Å². The first kappa shape index (κ1) is 17.4. The van der Waals surface area contributed by atoms with Crippen molar-refractivity contribution in [1.82, 2.24) is 25.2 Å². The molecule has 4 rings (SSSR count). The Labute approximate surface area is 151 Å². The van der Waals surface area contributed by atoms with Gasteiger partial charge in [0, 0.05) is 18.3 Å². The Morgan fingerprint density at radius 3 is 3.04 bits per heavy atom. The summed E-state index contributed by atoms with van der Waals surface area (Å²) >= 11 is 0. The average Bonchev–Trinajstić information content (AvgIpc) is 3.32. The molecule has 1 atom stereocenters. The number of ether oxygens (including phenoxy) is 1. The van der Waals surface area contributed by atoms with Crippen molar-refractivity contribution in [3.05, 3.63) is 36.5 Å². The summed E-state index contributed by atoms with van der Waals surface area (Å²) in [6, 6.07) is 9.87. The summed E-state index contributed by atoms with van der Waals surface area (Å²) in [7, 11) is 1.63. The lowest BCUT2D eigenvalue weighted by atomic mass is 10.1. The van der Waals surface area contributed by atoms with E-state index >= 15 is 0 Å². The summed E-state index contributed by atoms with van der Waals surface area (Å²) in [5.41, 5.74) is 1.54. The molecule has 0 spiro atoms. The monoisotopic (exact) mass is 361 g/mol. The van der Waals surface area contributed by atoms with Gasteiger partial charge in [-0.15, -0.1) is 12.4 Å². The predicted octanol–water partition coefficient (Wildman–Crippen LogP) is 2.96. The summed E-state index contributed by atoms with van der Waals surface area (Å²) < 4.78 is 12.6. The van der Waals surface area contributed by atoms with Crippen LogP contribution >= 0.6 is 12.4 Å². The molecule has 8 heteroatoms. The van der Waals surface area contributed by atoms with Crippen LogP contribution in [-0.2, 0) is 0 Å². The van der Waals surface area contributed by atoms with Gasteiger partial charge in [-0.1, -0.05) is 17.3 Å². The maximum absolute atomic E-state index is 5.39. The van der Waals surface area contributed by atoms with Gasteiger partial charge in [-0.25, -0.2) is 0 Å². The highest BCUT2D eigenvalue weighted by Crippen LogP contribution is 2.25. The maximum atomic E-state index is 5.39. The summed E-state index contributed by atoms with van der Waals surface area (Å²) in [6.07, 6.45) is 4.27. The minimum atomic E-state index is 0. The molecule has 1 unspecified atom stereocenters. The molecule has 7 nitrogen and oxygen atoms in total. The normalized spacial score (nSPS) is 17.1. The van der Waals surface area contributed by atoms with Crippen LogP contribution in [0.2, 0.25) is 0 Å². The molecular formula is C17H20ClN5O2. The summed E-state index contributed by atoms with van der Waals surface area (Å²) in [6.45, 7) is 2.03. The smallest absolute Gasteiger partial charge is 0.278 e. The molecular weight excluding hydrogens is 342 g/mol. The minimum Gasteiger partial charge on any atom is -0.497 e. The van der Waals surface area contributed by atoms with E-state index in [4.69, 9.17) is 9.26 Å². The molecule has 1 aliphatic rings. The molecule has 1 aliphatic heterocycles. The van der Waals surface area contributed by atoms with Crippen LogP contribution in [-0.4, -0.2) is 40.1 Å². The molecule has 0 bridgehead atoms. The first-order valence-electron chi connectivity index (χ1n) is 8.08. The highest BCUT2D eigenvalue weighted by atomic mass is 35.5. The third kappa shape index (κ3) is 3.67. The molecule has 1 aromatic carbocycles. The molecule has 132 valence electrons. The molecule has 3 aromatic rings. The van der Waals surface area contributed by atoms with Crippen molar-refractivity contribution >= 4 is 12.4 Å². The molecule has 0 amide bonds. The van der Waals surface area contributed by atoms with Gasteiger partial charge in [-0.2, -0.15) is 10.1 Å². The first-order valence-corrected chi connectivity index (χ1v) is 8.08. The largest absolute Gasteiger partial charge is 0.497 e. The highest BCUT2D eigenvalue weighted by molar-refractivity contribution is 5.85. The van der Waals surface area contributed by atoms with Crippen molar-refractivity contribution in [2.24, 2.45) is 0 Å². The number of nitrogens with one attached hydrogen (secondary N) is 1. The van der Waals surface area contributed by atoms with Crippen LogP contribution in [0.5, 0.6) is 5.75 Å². The number of halogens is 1. The molecule has 0 radical (unpaired) electrons. The Hall–Kier alpha value is -2.38.